The van der Waals surface area contributed by atoms with Gasteiger partial charge in [0.15, 0.2) is 0 Å². The minimum Gasteiger partial charge on any atom is -0.338 e. The van der Waals surface area contributed by atoms with Crippen molar-refractivity contribution in [2.45, 2.75) is 25.8 Å². The number of benzene rings is 2. The fraction of sp³-hybridized carbons (Fsp3) is 0.304. The molecule has 1 atom stereocenters. The molecule has 2 aliphatic rings. The van der Waals surface area contributed by atoms with Gasteiger partial charge >= 0.3 is 0 Å². The maximum atomic E-state index is 12.8. The highest BCUT2D eigenvalue weighted by molar-refractivity contribution is 14.1. The Morgan fingerprint density at radius 3 is 2.66 bits per heavy atom. The Hall–Kier alpha value is -2.53. The Morgan fingerprint density at radius 1 is 1.10 bits per heavy atom. The zero-order chi connectivity index (χ0) is 20.1. The molecule has 2 heterocycles. The molecule has 148 valence electrons. The second-order valence-corrected chi connectivity index (χ2v) is 9.54. The SMILES string of the molecule is N#Cc1ccc(CC2=CN=IN2CCC2CCN(Cc3ccccc3)C2=O)cc1. The third kappa shape index (κ3) is 4.91. The number of likely N-dealkylation sites (tertiary alicyclic amines) is 1. The van der Waals surface area contributed by atoms with Gasteiger partial charge in [-0.05, 0) is 36.1 Å². The molecule has 0 N–H and O–H groups in total. The average molecular weight is 498 g/mol. The van der Waals surface area contributed by atoms with E-state index in [-0.39, 0.29) is 27.2 Å². The van der Waals surface area contributed by atoms with E-state index >= 15 is 0 Å². The molecule has 0 saturated carbocycles. The van der Waals surface area contributed by atoms with Gasteiger partial charge in [0.25, 0.3) is 0 Å². The van der Waals surface area contributed by atoms with Crippen LogP contribution >= 0.6 is 21.3 Å². The first-order valence-electron chi connectivity index (χ1n) is 9.86. The van der Waals surface area contributed by atoms with Crippen molar-refractivity contribution in [3.05, 3.63) is 83.2 Å². The van der Waals surface area contributed by atoms with Gasteiger partial charge in [0.2, 0.25) is 5.91 Å². The molecule has 6 heteroatoms. The van der Waals surface area contributed by atoms with Gasteiger partial charge in [0, 0.05) is 37.7 Å². The number of halogens is 1. The lowest BCUT2D eigenvalue weighted by atomic mass is 10.0. The lowest BCUT2D eigenvalue weighted by Gasteiger charge is -2.20. The van der Waals surface area contributed by atoms with Crippen LogP contribution in [0.5, 0.6) is 0 Å². The Balaban J connectivity index is 1.29. The summed E-state index contributed by atoms with van der Waals surface area (Å²) in [7, 11) is 0. The fourth-order valence-electron chi connectivity index (χ4n) is 3.76. The molecule has 0 radical (unpaired) electrons. The molecule has 1 saturated heterocycles. The molecule has 2 aromatic carbocycles. The minimum atomic E-state index is -0.372. The first-order chi connectivity index (χ1) is 14.2. The van der Waals surface area contributed by atoms with Crippen LogP contribution in [0.25, 0.3) is 0 Å². The van der Waals surface area contributed by atoms with E-state index in [2.05, 4.69) is 24.5 Å². The van der Waals surface area contributed by atoms with Crippen LogP contribution in [0.1, 0.15) is 29.5 Å². The van der Waals surface area contributed by atoms with Crippen LogP contribution < -0.4 is 0 Å². The first-order valence-corrected chi connectivity index (χ1v) is 11.8. The average Bonchev–Trinajstić information content (AvgIpc) is 3.34. The molecule has 29 heavy (non-hydrogen) atoms. The van der Waals surface area contributed by atoms with Gasteiger partial charge < -0.3 is 8.01 Å². The van der Waals surface area contributed by atoms with E-state index in [0.717, 1.165) is 32.4 Å². The fourth-order valence-corrected chi connectivity index (χ4v) is 5.58. The summed E-state index contributed by atoms with van der Waals surface area (Å²) in [4.78, 5) is 14.8. The van der Waals surface area contributed by atoms with Gasteiger partial charge in [0.05, 0.1) is 17.8 Å². The highest BCUT2D eigenvalue weighted by atomic mass is 127. The van der Waals surface area contributed by atoms with Crippen LogP contribution in [0.4, 0.5) is 0 Å². The van der Waals surface area contributed by atoms with Gasteiger partial charge in [-0.25, -0.2) is 3.15 Å². The van der Waals surface area contributed by atoms with Crippen LogP contribution in [0.3, 0.4) is 0 Å². The number of hydrogen-bond donors (Lipinski definition) is 0. The topological polar surface area (TPSA) is 59.7 Å². The van der Waals surface area contributed by atoms with E-state index in [9.17, 15) is 4.79 Å². The van der Waals surface area contributed by atoms with Gasteiger partial charge in [-0.2, -0.15) is 5.26 Å². The monoisotopic (exact) mass is 498 g/mol. The smallest absolute Gasteiger partial charge is 0.226 e. The molecule has 2 aliphatic heterocycles. The summed E-state index contributed by atoms with van der Waals surface area (Å²) < 4.78 is 6.92. The maximum absolute atomic E-state index is 12.8. The minimum absolute atomic E-state index is 0.125. The number of carbonyl (C=O) groups excluding carboxylic acids is 1. The van der Waals surface area contributed by atoms with Crippen LogP contribution in [0, 0.1) is 17.2 Å². The van der Waals surface area contributed by atoms with Crippen LogP contribution in [-0.2, 0) is 17.8 Å². The summed E-state index contributed by atoms with van der Waals surface area (Å²) in [6.45, 7) is 2.46. The highest BCUT2D eigenvalue weighted by Gasteiger charge is 2.31. The standard InChI is InChI=1S/C23H23IN4O/c25-15-19-8-6-18(7-9-19)14-22-16-26-24-28(22)13-11-21-10-12-27(23(21)29)17-20-4-2-1-3-5-20/h1-9,16,21H,10-14,17H2. The van der Waals surface area contributed by atoms with Crippen LogP contribution in [-0.4, -0.2) is 27.0 Å². The van der Waals surface area contributed by atoms with Gasteiger partial charge in [-0.15, -0.1) is 0 Å². The molecule has 0 bridgehead atoms. The van der Waals surface area contributed by atoms with Crippen LogP contribution in [0.15, 0.2) is 69.6 Å². The van der Waals surface area contributed by atoms with Crippen molar-refractivity contribution in [2.75, 3.05) is 13.1 Å². The van der Waals surface area contributed by atoms with E-state index in [0.29, 0.717) is 18.0 Å². The van der Waals surface area contributed by atoms with Gasteiger partial charge in [-0.3, -0.25) is 4.79 Å². The lowest BCUT2D eigenvalue weighted by molar-refractivity contribution is -0.131. The Kier molecular flexibility index (Phi) is 6.35. The molecule has 2 aromatic rings. The molecule has 4 rings (SSSR count). The zero-order valence-corrected chi connectivity index (χ0v) is 18.3. The lowest BCUT2D eigenvalue weighted by Crippen LogP contribution is -2.28. The first kappa shape index (κ1) is 19.8. The van der Waals surface area contributed by atoms with Crippen LogP contribution in [0.2, 0.25) is 0 Å². The summed E-state index contributed by atoms with van der Waals surface area (Å²) in [6, 6.07) is 20.1. The summed E-state index contributed by atoms with van der Waals surface area (Å²) >= 11 is -0.372. The Morgan fingerprint density at radius 2 is 1.90 bits per heavy atom. The molecule has 1 amide bonds. The zero-order valence-electron chi connectivity index (χ0n) is 16.2. The maximum Gasteiger partial charge on any atom is 0.226 e. The second kappa shape index (κ2) is 9.31. The number of allylic oxidation sites excluding steroid dienone is 1. The number of carbonyl (C=O) groups is 1. The highest BCUT2D eigenvalue weighted by Crippen LogP contribution is 2.31. The third-order valence-corrected chi connectivity index (χ3v) is 7.56. The number of nitrogens with zero attached hydrogens (tertiary/aromatic N) is 4. The number of rotatable bonds is 7. The quantitative estimate of drug-likeness (QED) is 0.409. The third-order valence-electron chi connectivity index (χ3n) is 5.41. The molecular formula is C23H23IN4O. The van der Waals surface area contributed by atoms with E-state index < -0.39 is 0 Å². The van der Waals surface area contributed by atoms with Crippen molar-refractivity contribution in [1.82, 2.24) is 8.01 Å². The largest absolute Gasteiger partial charge is 0.338 e. The van der Waals surface area contributed by atoms with Crippen molar-refractivity contribution in [3.63, 3.8) is 0 Å². The summed E-state index contributed by atoms with van der Waals surface area (Å²) in [5.41, 5.74) is 4.29. The number of hydrogen-bond acceptors (Lipinski definition) is 4. The molecule has 1 fully saturated rings. The predicted molar refractivity (Wildman–Crippen MR) is 121 cm³/mol. The molecule has 0 aromatic heterocycles. The van der Waals surface area contributed by atoms with Crippen molar-refractivity contribution in [1.29, 1.82) is 5.26 Å². The van der Waals surface area contributed by atoms with E-state index in [4.69, 9.17) is 5.26 Å². The summed E-state index contributed by atoms with van der Waals surface area (Å²) in [5, 5.41) is 8.94. The van der Waals surface area contributed by atoms with E-state index in [1.54, 1.807) is 0 Å². The summed E-state index contributed by atoms with van der Waals surface area (Å²) in [5.74, 6) is 0.417. The Bertz CT molecular complexity index is 963. The molecule has 0 spiro atoms. The molecular weight excluding hydrogens is 475 g/mol. The summed E-state index contributed by atoms with van der Waals surface area (Å²) in [6.07, 6.45) is 4.66. The van der Waals surface area contributed by atoms with Crippen molar-refractivity contribution in [2.24, 2.45) is 9.06 Å². The molecule has 1 unspecified atom stereocenters. The van der Waals surface area contributed by atoms with E-state index in [1.165, 1.54) is 16.8 Å². The van der Waals surface area contributed by atoms with Crippen molar-refractivity contribution >= 4 is 27.2 Å². The molecule has 5 nitrogen and oxygen atoms in total. The van der Waals surface area contributed by atoms with Gasteiger partial charge in [0.1, 0.15) is 21.3 Å². The predicted octanol–water partition coefficient (Wildman–Crippen LogP) is 4.77. The Labute approximate surface area is 182 Å². The number of amides is 1. The molecule has 0 aliphatic carbocycles. The van der Waals surface area contributed by atoms with E-state index in [1.807, 2.05) is 53.6 Å². The van der Waals surface area contributed by atoms with Gasteiger partial charge in [-0.1, -0.05) is 42.5 Å². The van der Waals surface area contributed by atoms with Crippen molar-refractivity contribution in [3.8, 4) is 6.07 Å². The number of nitriles is 1. The second-order valence-electron chi connectivity index (χ2n) is 7.38. The van der Waals surface area contributed by atoms with Crippen molar-refractivity contribution < 1.29 is 4.79 Å². The normalized spacial score (nSPS) is 18.5.